The van der Waals surface area contributed by atoms with Crippen molar-refractivity contribution >= 4 is 17.4 Å². The van der Waals surface area contributed by atoms with E-state index in [1.807, 2.05) is 29.6 Å². The molecule has 124 valence electrons. The number of rotatable bonds is 7. The molecule has 6 heteroatoms. The van der Waals surface area contributed by atoms with Crippen LogP contribution in [-0.4, -0.2) is 22.7 Å². The molecule has 5 nitrogen and oxygen atoms in total. The largest absolute Gasteiger partial charge is 0.394 e. The van der Waals surface area contributed by atoms with Crippen LogP contribution in [0.15, 0.2) is 29.6 Å². The number of hydrogen-bond acceptors (Lipinski definition) is 4. The van der Waals surface area contributed by atoms with Gasteiger partial charge in [0, 0.05) is 5.38 Å². The fraction of sp³-hybridized carbons (Fsp3) is 0.412. The van der Waals surface area contributed by atoms with E-state index >= 15 is 0 Å². The Morgan fingerprint density at radius 3 is 2.57 bits per heavy atom. The van der Waals surface area contributed by atoms with Crippen LogP contribution in [0.3, 0.4) is 0 Å². The molecule has 1 aromatic heterocycles. The van der Waals surface area contributed by atoms with Gasteiger partial charge in [0.25, 0.3) is 0 Å². The molecule has 1 atom stereocenters. The molecule has 0 saturated carbocycles. The van der Waals surface area contributed by atoms with Gasteiger partial charge in [-0.25, -0.2) is 9.78 Å². The lowest BCUT2D eigenvalue weighted by Crippen LogP contribution is -2.38. The Morgan fingerprint density at radius 1 is 1.26 bits per heavy atom. The van der Waals surface area contributed by atoms with E-state index in [1.54, 1.807) is 11.3 Å². The summed E-state index contributed by atoms with van der Waals surface area (Å²) in [5.41, 5.74) is 2.97. The molecule has 0 spiro atoms. The van der Waals surface area contributed by atoms with Gasteiger partial charge in [-0.05, 0) is 24.0 Å². The maximum absolute atomic E-state index is 12.0. The number of urea groups is 1. The van der Waals surface area contributed by atoms with Crippen molar-refractivity contribution in [3.63, 3.8) is 0 Å². The summed E-state index contributed by atoms with van der Waals surface area (Å²) >= 11 is 1.60. The van der Waals surface area contributed by atoms with Gasteiger partial charge in [-0.2, -0.15) is 0 Å². The molecule has 23 heavy (non-hydrogen) atoms. The first kappa shape index (κ1) is 17.4. The number of aromatic nitrogens is 1. The minimum atomic E-state index is -0.414. The van der Waals surface area contributed by atoms with E-state index in [0.717, 1.165) is 29.1 Å². The molecule has 2 rings (SSSR count). The van der Waals surface area contributed by atoms with Gasteiger partial charge in [0.2, 0.25) is 0 Å². The van der Waals surface area contributed by atoms with Gasteiger partial charge < -0.3 is 15.7 Å². The third kappa shape index (κ3) is 5.04. The van der Waals surface area contributed by atoms with Crippen molar-refractivity contribution in [2.45, 2.75) is 39.3 Å². The van der Waals surface area contributed by atoms with Gasteiger partial charge in [-0.1, -0.05) is 38.1 Å². The first-order valence-corrected chi connectivity index (χ1v) is 8.71. The van der Waals surface area contributed by atoms with Crippen LogP contribution < -0.4 is 10.6 Å². The molecule has 2 aromatic rings. The number of benzene rings is 1. The Bertz CT molecular complexity index is 625. The van der Waals surface area contributed by atoms with Crippen molar-refractivity contribution in [2.24, 2.45) is 0 Å². The fourth-order valence-corrected chi connectivity index (χ4v) is 2.94. The van der Waals surface area contributed by atoms with E-state index in [9.17, 15) is 9.90 Å². The SMILES string of the molecule is CCc1ccc(C(CO)NC(=O)NCc2csc(CC)n2)cc1. The first-order chi connectivity index (χ1) is 11.2. The van der Waals surface area contributed by atoms with Crippen molar-refractivity contribution in [1.82, 2.24) is 15.6 Å². The predicted octanol–water partition coefficient (Wildman–Crippen LogP) is 2.80. The number of hydrogen-bond donors (Lipinski definition) is 3. The van der Waals surface area contributed by atoms with E-state index in [2.05, 4.69) is 29.5 Å². The second-order valence-electron chi connectivity index (χ2n) is 5.24. The average Bonchev–Trinajstić information content (AvgIpc) is 3.06. The summed E-state index contributed by atoms with van der Waals surface area (Å²) in [5.74, 6) is 0. The minimum Gasteiger partial charge on any atom is -0.394 e. The molecule has 0 aliphatic rings. The van der Waals surface area contributed by atoms with Crippen LogP contribution in [0.2, 0.25) is 0 Å². The predicted molar refractivity (Wildman–Crippen MR) is 92.5 cm³/mol. The molecule has 0 aliphatic heterocycles. The molecule has 1 heterocycles. The number of aliphatic hydroxyl groups excluding tert-OH is 1. The van der Waals surface area contributed by atoms with Crippen molar-refractivity contribution in [3.8, 4) is 0 Å². The van der Waals surface area contributed by atoms with Crippen LogP contribution in [0.4, 0.5) is 4.79 Å². The molecular formula is C17H23N3O2S. The van der Waals surface area contributed by atoms with Gasteiger partial charge in [-0.3, -0.25) is 0 Å². The van der Waals surface area contributed by atoms with E-state index in [1.165, 1.54) is 5.56 Å². The van der Waals surface area contributed by atoms with Crippen molar-refractivity contribution in [2.75, 3.05) is 6.61 Å². The van der Waals surface area contributed by atoms with E-state index in [4.69, 9.17) is 0 Å². The van der Waals surface area contributed by atoms with Crippen molar-refractivity contribution < 1.29 is 9.90 Å². The standard InChI is InChI=1S/C17H23N3O2S/c1-3-12-5-7-13(8-6-12)15(10-21)20-17(22)18-9-14-11-23-16(4-2)19-14/h5-8,11,15,21H,3-4,9-10H2,1-2H3,(H2,18,20,22). The van der Waals surface area contributed by atoms with Gasteiger partial charge >= 0.3 is 6.03 Å². The Labute approximate surface area is 140 Å². The molecule has 3 N–H and O–H groups in total. The summed E-state index contributed by atoms with van der Waals surface area (Å²) in [5, 5.41) is 18.1. The highest BCUT2D eigenvalue weighted by atomic mass is 32.1. The molecule has 2 amide bonds. The number of thiazole rings is 1. The van der Waals surface area contributed by atoms with Crippen LogP contribution in [-0.2, 0) is 19.4 Å². The maximum Gasteiger partial charge on any atom is 0.315 e. The lowest BCUT2D eigenvalue weighted by Gasteiger charge is -2.17. The summed E-state index contributed by atoms with van der Waals surface area (Å²) in [6.45, 7) is 4.38. The molecule has 0 fully saturated rings. The Kier molecular flexibility index (Phi) is 6.55. The summed E-state index contributed by atoms with van der Waals surface area (Å²) in [6, 6.07) is 7.18. The number of aryl methyl sites for hydroxylation is 2. The lowest BCUT2D eigenvalue weighted by molar-refractivity contribution is 0.216. The number of carbonyl (C=O) groups is 1. The molecule has 1 unspecified atom stereocenters. The van der Waals surface area contributed by atoms with E-state index in [-0.39, 0.29) is 12.6 Å². The topological polar surface area (TPSA) is 74.2 Å². The monoisotopic (exact) mass is 333 g/mol. The van der Waals surface area contributed by atoms with Crippen LogP contribution in [0.1, 0.15) is 41.7 Å². The van der Waals surface area contributed by atoms with Gasteiger partial charge in [0.1, 0.15) is 0 Å². The Morgan fingerprint density at radius 2 is 2.00 bits per heavy atom. The lowest BCUT2D eigenvalue weighted by atomic mass is 10.0. The average molecular weight is 333 g/mol. The second kappa shape index (κ2) is 8.64. The number of nitrogens with one attached hydrogen (secondary N) is 2. The fourth-order valence-electron chi connectivity index (χ4n) is 2.19. The highest BCUT2D eigenvalue weighted by Crippen LogP contribution is 2.14. The summed E-state index contributed by atoms with van der Waals surface area (Å²) < 4.78 is 0. The second-order valence-corrected chi connectivity index (χ2v) is 6.19. The summed E-state index contributed by atoms with van der Waals surface area (Å²) in [7, 11) is 0. The smallest absolute Gasteiger partial charge is 0.315 e. The number of nitrogens with zero attached hydrogens (tertiary/aromatic N) is 1. The molecular weight excluding hydrogens is 310 g/mol. The van der Waals surface area contributed by atoms with Crippen LogP contribution in [0, 0.1) is 0 Å². The zero-order chi connectivity index (χ0) is 16.7. The highest BCUT2D eigenvalue weighted by molar-refractivity contribution is 7.09. The van der Waals surface area contributed by atoms with Gasteiger partial charge in [0.15, 0.2) is 0 Å². The molecule has 1 aromatic carbocycles. The van der Waals surface area contributed by atoms with Crippen LogP contribution in [0.25, 0.3) is 0 Å². The van der Waals surface area contributed by atoms with Gasteiger partial charge in [-0.15, -0.1) is 11.3 Å². The van der Waals surface area contributed by atoms with Gasteiger partial charge in [0.05, 0.1) is 29.9 Å². The third-order valence-corrected chi connectivity index (χ3v) is 4.65. The van der Waals surface area contributed by atoms with Crippen LogP contribution in [0.5, 0.6) is 0 Å². The molecule has 0 aliphatic carbocycles. The quantitative estimate of drug-likeness (QED) is 0.729. The highest BCUT2D eigenvalue weighted by Gasteiger charge is 2.13. The molecule has 0 saturated heterocycles. The minimum absolute atomic E-state index is 0.143. The Balaban J connectivity index is 1.88. The number of aliphatic hydroxyl groups is 1. The van der Waals surface area contributed by atoms with Crippen molar-refractivity contribution in [1.29, 1.82) is 0 Å². The zero-order valence-corrected chi connectivity index (χ0v) is 14.3. The number of amides is 2. The maximum atomic E-state index is 12.0. The van der Waals surface area contributed by atoms with Crippen LogP contribution >= 0.6 is 11.3 Å². The first-order valence-electron chi connectivity index (χ1n) is 7.83. The van der Waals surface area contributed by atoms with Crippen molar-refractivity contribution in [3.05, 3.63) is 51.5 Å². The Hall–Kier alpha value is -1.92. The van der Waals surface area contributed by atoms with E-state index < -0.39 is 6.04 Å². The van der Waals surface area contributed by atoms with E-state index in [0.29, 0.717) is 6.54 Å². The number of carbonyl (C=O) groups excluding carboxylic acids is 1. The zero-order valence-electron chi connectivity index (χ0n) is 13.5. The summed E-state index contributed by atoms with van der Waals surface area (Å²) in [6.07, 6.45) is 1.86. The molecule has 0 radical (unpaired) electrons. The summed E-state index contributed by atoms with van der Waals surface area (Å²) in [4.78, 5) is 16.4. The third-order valence-electron chi connectivity index (χ3n) is 3.61. The normalized spacial score (nSPS) is 12.0. The molecule has 0 bridgehead atoms.